The highest BCUT2D eigenvalue weighted by molar-refractivity contribution is 6.17. The van der Waals surface area contributed by atoms with E-state index in [0.29, 0.717) is 36.3 Å². The molecule has 0 atom stereocenters. The number of aromatic nitrogens is 2. The lowest BCUT2D eigenvalue weighted by molar-refractivity contribution is -0.135. The number of rotatable bonds is 9. The number of nitriles is 1. The van der Waals surface area contributed by atoms with Crippen LogP contribution in [0.15, 0.2) is 78.3 Å². The van der Waals surface area contributed by atoms with Gasteiger partial charge in [-0.1, -0.05) is 12.1 Å². The number of carbonyl (C=O) groups is 2. The molecule has 7 nitrogen and oxygen atoms in total. The van der Waals surface area contributed by atoms with E-state index < -0.39 is 5.54 Å². The molecular formula is C35H35N5O2. The van der Waals surface area contributed by atoms with Gasteiger partial charge in [0.05, 0.1) is 18.1 Å². The minimum absolute atomic E-state index is 0.00509. The molecule has 4 aliphatic carbocycles. The number of aliphatic imine (C=N–C) groups is 1. The molecule has 0 radical (unpaired) electrons. The number of amides is 1. The average Bonchev–Trinajstić information content (AvgIpc) is 3.22. The van der Waals surface area contributed by atoms with Crippen LogP contribution in [0.4, 0.5) is 0 Å². The normalized spacial score (nSPS) is 27.1. The van der Waals surface area contributed by atoms with Crippen LogP contribution in [0.1, 0.15) is 72.0 Å². The number of carbonyl (C=O) groups excluding carboxylic acids is 2. The molecule has 4 bridgehead atoms. The van der Waals surface area contributed by atoms with Crippen LogP contribution in [-0.4, -0.2) is 44.5 Å². The third-order valence-electron chi connectivity index (χ3n) is 10.1. The van der Waals surface area contributed by atoms with Crippen molar-refractivity contribution in [1.82, 2.24) is 14.9 Å². The average molecular weight is 558 g/mol. The molecule has 1 aliphatic heterocycles. The van der Waals surface area contributed by atoms with Crippen LogP contribution in [0.25, 0.3) is 0 Å². The molecule has 4 fully saturated rings. The van der Waals surface area contributed by atoms with Gasteiger partial charge in [-0.15, -0.1) is 0 Å². The van der Waals surface area contributed by atoms with Gasteiger partial charge in [-0.25, -0.2) is 0 Å². The summed E-state index contributed by atoms with van der Waals surface area (Å²) >= 11 is 0. The first-order chi connectivity index (χ1) is 20.4. The van der Waals surface area contributed by atoms with E-state index in [0.717, 1.165) is 28.9 Å². The lowest BCUT2D eigenvalue weighted by Crippen LogP contribution is -2.54. The Balaban J connectivity index is 1.26. The highest BCUT2D eigenvalue weighted by atomic mass is 16.2. The van der Waals surface area contributed by atoms with E-state index in [9.17, 15) is 14.9 Å². The van der Waals surface area contributed by atoms with Crippen LogP contribution in [0.5, 0.6) is 0 Å². The van der Waals surface area contributed by atoms with Crippen LogP contribution in [0.2, 0.25) is 0 Å². The summed E-state index contributed by atoms with van der Waals surface area (Å²) in [7, 11) is 0. The van der Waals surface area contributed by atoms with Crippen molar-refractivity contribution >= 4 is 17.5 Å². The Morgan fingerprint density at radius 3 is 1.86 bits per heavy atom. The minimum atomic E-state index is -1.05. The van der Waals surface area contributed by atoms with E-state index in [2.05, 4.69) is 16.0 Å². The summed E-state index contributed by atoms with van der Waals surface area (Å²) < 4.78 is 0. The summed E-state index contributed by atoms with van der Waals surface area (Å²) in [5, 5.41) is 9.20. The number of benzene rings is 1. The molecule has 1 amide bonds. The predicted molar refractivity (Wildman–Crippen MR) is 158 cm³/mol. The van der Waals surface area contributed by atoms with Crippen molar-refractivity contribution < 1.29 is 9.59 Å². The number of amidine groups is 1. The Morgan fingerprint density at radius 1 is 0.833 bits per heavy atom. The number of pyridine rings is 2. The Kier molecular flexibility index (Phi) is 6.73. The Labute approximate surface area is 246 Å². The van der Waals surface area contributed by atoms with Gasteiger partial charge >= 0.3 is 0 Å². The van der Waals surface area contributed by atoms with E-state index in [4.69, 9.17) is 4.99 Å². The van der Waals surface area contributed by atoms with Gasteiger partial charge in [0, 0.05) is 49.7 Å². The van der Waals surface area contributed by atoms with Crippen molar-refractivity contribution in [2.45, 2.75) is 63.3 Å². The molecule has 3 heterocycles. The van der Waals surface area contributed by atoms with Gasteiger partial charge in [0.15, 0.2) is 5.78 Å². The van der Waals surface area contributed by atoms with E-state index in [1.54, 1.807) is 49.1 Å². The zero-order valence-corrected chi connectivity index (χ0v) is 23.8. The zero-order chi connectivity index (χ0) is 28.7. The molecule has 42 heavy (non-hydrogen) atoms. The van der Waals surface area contributed by atoms with Crippen molar-refractivity contribution in [1.29, 1.82) is 5.26 Å². The molecule has 4 saturated carbocycles. The van der Waals surface area contributed by atoms with Gasteiger partial charge in [-0.3, -0.25) is 29.4 Å². The predicted octanol–water partition coefficient (Wildman–Crippen LogP) is 5.60. The topological polar surface area (TPSA) is 99.3 Å². The van der Waals surface area contributed by atoms with Crippen molar-refractivity contribution in [3.05, 3.63) is 95.6 Å². The molecule has 0 N–H and O–H groups in total. The van der Waals surface area contributed by atoms with E-state index in [1.165, 1.54) is 38.5 Å². The Bertz CT molecular complexity index is 1480. The molecule has 212 valence electrons. The standard InChI is InChI=1S/C35H35N5O2/c36-22-26-1-3-30(4-2-26)31(41)16-32-39-35(20-24-5-9-37-10-6-24,21-25-7-11-38-12-8-25)33(42)40(32)23-34-17-27-13-28(18-34)15-29(14-27)19-34/h1-12,27-29H,13-21,23H2. The Hall–Kier alpha value is -4.18. The maximum atomic E-state index is 14.8. The van der Waals surface area contributed by atoms with Gasteiger partial charge in [-0.2, -0.15) is 5.26 Å². The summed E-state index contributed by atoms with van der Waals surface area (Å²) in [4.78, 5) is 44.0. The van der Waals surface area contributed by atoms with E-state index in [1.807, 2.05) is 29.2 Å². The van der Waals surface area contributed by atoms with Gasteiger partial charge in [0.2, 0.25) is 0 Å². The van der Waals surface area contributed by atoms with Crippen LogP contribution >= 0.6 is 0 Å². The van der Waals surface area contributed by atoms with Gasteiger partial charge in [0.1, 0.15) is 11.4 Å². The number of nitrogens with zero attached hydrogens (tertiary/aromatic N) is 5. The van der Waals surface area contributed by atoms with Crippen LogP contribution in [0.3, 0.4) is 0 Å². The molecule has 7 heteroatoms. The fourth-order valence-corrected chi connectivity index (χ4v) is 8.79. The smallest absolute Gasteiger partial charge is 0.256 e. The van der Waals surface area contributed by atoms with Crippen molar-refractivity contribution in [2.24, 2.45) is 28.2 Å². The summed E-state index contributed by atoms with van der Waals surface area (Å²) in [6.07, 6.45) is 15.4. The third-order valence-corrected chi connectivity index (χ3v) is 10.1. The highest BCUT2D eigenvalue weighted by Crippen LogP contribution is 2.60. The maximum Gasteiger partial charge on any atom is 0.256 e. The summed E-state index contributed by atoms with van der Waals surface area (Å²) in [5.74, 6) is 2.75. The quantitative estimate of drug-likeness (QED) is 0.319. The SMILES string of the molecule is N#Cc1ccc(C(=O)CC2=NC(Cc3ccncc3)(Cc3ccncc3)C(=O)N2CC23CC4CC(CC(C4)C2)C3)cc1. The van der Waals surface area contributed by atoms with Crippen molar-refractivity contribution in [3.8, 4) is 6.07 Å². The number of ketones is 1. The lowest BCUT2D eigenvalue weighted by Gasteiger charge is -2.57. The molecule has 0 saturated heterocycles. The fourth-order valence-electron chi connectivity index (χ4n) is 8.79. The molecule has 5 aliphatic rings. The van der Waals surface area contributed by atoms with Gasteiger partial charge < -0.3 is 0 Å². The number of hydrogen-bond donors (Lipinski definition) is 0. The molecule has 1 aromatic carbocycles. The first-order valence-corrected chi connectivity index (χ1v) is 15.1. The van der Waals surface area contributed by atoms with Crippen molar-refractivity contribution in [2.75, 3.05) is 6.54 Å². The van der Waals surface area contributed by atoms with E-state index >= 15 is 0 Å². The first-order valence-electron chi connectivity index (χ1n) is 15.1. The number of Topliss-reactive ketones (excluding diaryl/α,β-unsaturated/α-hetero) is 1. The third kappa shape index (κ3) is 5.04. The monoisotopic (exact) mass is 557 g/mol. The molecule has 0 unspecified atom stereocenters. The zero-order valence-electron chi connectivity index (χ0n) is 23.8. The van der Waals surface area contributed by atoms with Gasteiger partial charge in [0.25, 0.3) is 5.91 Å². The van der Waals surface area contributed by atoms with Crippen LogP contribution in [-0.2, 0) is 17.6 Å². The summed E-state index contributed by atoms with van der Waals surface area (Å²) in [6, 6.07) is 16.6. The summed E-state index contributed by atoms with van der Waals surface area (Å²) in [5.41, 5.74) is 2.07. The minimum Gasteiger partial charge on any atom is -0.298 e. The van der Waals surface area contributed by atoms with Gasteiger partial charge in [-0.05, 0) is 109 Å². The molecular weight excluding hydrogens is 522 g/mol. The first kappa shape index (κ1) is 26.7. The largest absolute Gasteiger partial charge is 0.298 e. The summed E-state index contributed by atoms with van der Waals surface area (Å²) in [6.45, 7) is 0.642. The fraction of sp³-hybridized carbons (Fsp3) is 0.429. The van der Waals surface area contributed by atoms with E-state index in [-0.39, 0.29) is 23.5 Å². The molecule has 8 rings (SSSR count). The molecule has 0 spiro atoms. The second-order valence-corrected chi connectivity index (χ2v) is 13.2. The lowest BCUT2D eigenvalue weighted by atomic mass is 9.49. The highest BCUT2D eigenvalue weighted by Gasteiger charge is 2.55. The van der Waals surface area contributed by atoms with Crippen LogP contribution in [0, 0.1) is 34.5 Å². The Morgan fingerprint density at radius 2 is 1.36 bits per heavy atom. The number of hydrogen-bond acceptors (Lipinski definition) is 6. The van der Waals surface area contributed by atoms with Crippen molar-refractivity contribution in [3.63, 3.8) is 0 Å². The molecule has 2 aromatic heterocycles. The second kappa shape index (κ2) is 10.6. The maximum absolute atomic E-state index is 14.8. The second-order valence-electron chi connectivity index (χ2n) is 13.2. The molecule has 3 aromatic rings. The van der Waals surface area contributed by atoms with Crippen LogP contribution < -0.4 is 0 Å².